The molecule has 26 heavy (non-hydrogen) atoms. The zero-order chi connectivity index (χ0) is 18.1. The molecule has 4 rings (SSSR count). The minimum Gasteiger partial charge on any atom is -0.358 e. The fourth-order valence-corrected chi connectivity index (χ4v) is 4.14. The highest BCUT2D eigenvalue weighted by Gasteiger charge is 2.27. The van der Waals surface area contributed by atoms with Crippen LogP contribution in [0.3, 0.4) is 0 Å². The Labute approximate surface area is 157 Å². The SMILES string of the molecule is CCc1ccc(N[C@H]2NC(=O)/C(=C/c3c(C)[nH]c4ccccc34)S2)cc1. The fourth-order valence-electron chi connectivity index (χ4n) is 3.17. The summed E-state index contributed by atoms with van der Waals surface area (Å²) in [6, 6.07) is 16.5. The molecule has 1 atom stereocenters. The van der Waals surface area contributed by atoms with E-state index in [1.54, 1.807) is 0 Å². The molecular formula is C21H21N3OS. The Kier molecular flexibility index (Phi) is 4.47. The lowest BCUT2D eigenvalue weighted by atomic mass is 10.1. The molecule has 5 heteroatoms. The molecule has 0 radical (unpaired) electrons. The van der Waals surface area contributed by atoms with Crippen LogP contribution in [0, 0.1) is 6.92 Å². The lowest BCUT2D eigenvalue weighted by Crippen LogP contribution is -2.30. The molecule has 0 unspecified atom stereocenters. The van der Waals surface area contributed by atoms with Gasteiger partial charge >= 0.3 is 0 Å². The van der Waals surface area contributed by atoms with E-state index in [1.807, 2.05) is 25.1 Å². The van der Waals surface area contributed by atoms with Gasteiger partial charge in [-0.2, -0.15) is 0 Å². The predicted octanol–water partition coefficient (Wildman–Crippen LogP) is 4.64. The molecular weight excluding hydrogens is 342 g/mol. The van der Waals surface area contributed by atoms with Crippen LogP contribution >= 0.6 is 11.8 Å². The molecule has 1 aliphatic rings. The van der Waals surface area contributed by atoms with Gasteiger partial charge in [0.25, 0.3) is 5.91 Å². The average molecular weight is 363 g/mol. The summed E-state index contributed by atoms with van der Waals surface area (Å²) in [5.74, 6) is -0.0395. The van der Waals surface area contributed by atoms with E-state index in [4.69, 9.17) is 0 Å². The summed E-state index contributed by atoms with van der Waals surface area (Å²) in [4.78, 5) is 16.5. The van der Waals surface area contributed by atoms with Gasteiger partial charge in [0.05, 0.1) is 4.91 Å². The number of rotatable bonds is 4. The lowest BCUT2D eigenvalue weighted by Gasteiger charge is -2.12. The Balaban J connectivity index is 1.55. The molecule has 3 N–H and O–H groups in total. The van der Waals surface area contributed by atoms with Crippen molar-refractivity contribution in [1.29, 1.82) is 0 Å². The summed E-state index contributed by atoms with van der Waals surface area (Å²) in [6.45, 7) is 4.17. The number of hydrogen-bond acceptors (Lipinski definition) is 3. The molecule has 1 saturated heterocycles. The van der Waals surface area contributed by atoms with Crippen molar-refractivity contribution >= 4 is 40.3 Å². The molecule has 1 fully saturated rings. The maximum absolute atomic E-state index is 12.4. The minimum atomic E-state index is -0.160. The quantitative estimate of drug-likeness (QED) is 0.592. The number of benzene rings is 2. The first-order valence-electron chi connectivity index (χ1n) is 8.76. The number of para-hydroxylation sites is 1. The molecule has 2 heterocycles. The van der Waals surface area contributed by atoms with Crippen LogP contribution in [0.5, 0.6) is 0 Å². The number of nitrogens with one attached hydrogen (secondary N) is 3. The van der Waals surface area contributed by atoms with Crippen LogP contribution in [0.25, 0.3) is 17.0 Å². The molecule has 1 aromatic heterocycles. The zero-order valence-electron chi connectivity index (χ0n) is 14.8. The smallest absolute Gasteiger partial charge is 0.260 e. The number of hydrogen-bond donors (Lipinski definition) is 3. The van der Waals surface area contributed by atoms with Crippen molar-refractivity contribution in [3.8, 4) is 0 Å². The number of amides is 1. The second kappa shape index (κ2) is 6.92. The van der Waals surface area contributed by atoms with Gasteiger partial charge in [-0.05, 0) is 43.2 Å². The van der Waals surface area contributed by atoms with E-state index >= 15 is 0 Å². The van der Waals surface area contributed by atoms with Gasteiger partial charge in [0.1, 0.15) is 0 Å². The van der Waals surface area contributed by atoms with Crippen LogP contribution < -0.4 is 10.6 Å². The van der Waals surface area contributed by atoms with Crippen molar-refractivity contribution in [2.24, 2.45) is 0 Å². The van der Waals surface area contributed by atoms with Crippen LogP contribution in [-0.2, 0) is 11.2 Å². The Morgan fingerprint density at radius 1 is 1.15 bits per heavy atom. The molecule has 1 aliphatic heterocycles. The van der Waals surface area contributed by atoms with Gasteiger partial charge < -0.3 is 15.6 Å². The second-order valence-corrected chi connectivity index (χ2v) is 7.53. The molecule has 0 saturated carbocycles. The van der Waals surface area contributed by atoms with Gasteiger partial charge in [-0.3, -0.25) is 4.79 Å². The molecule has 132 valence electrons. The monoisotopic (exact) mass is 363 g/mol. The summed E-state index contributed by atoms with van der Waals surface area (Å²) >= 11 is 1.51. The van der Waals surface area contributed by atoms with E-state index in [2.05, 4.69) is 58.9 Å². The highest BCUT2D eigenvalue weighted by Crippen LogP contribution is 2.33. The second-order valence-electron chi connectivity index (χ2n) is 6.38. The van der Waals surface area contributed by atoms with E-state index < -0.39 is 0 Å². The number of aryl methyl sites for hydroxylation is 2. The van der Waals surface area contributed by atoms with Crippen molar-refractivity contribution in [1.82, 2.24) is 10.3 Å². The summed E-state index contributed by atoms with van der Waals surface area (Å²) in [5.41, 5.74) is 5.38. The normalized spacial score (nSPS) is 18.5. The number of fused-ring (bicyclic) bond motifs is 1. The minimum absolute atomic E-state index is 0.0395. The first kappa shape index (κ1) is 16.8. The lowest BCUT2D eigenvalue weighted by molar-refractivity contribution is -0.116. The van der Waals surface area contributed by atoms with E-state index in [9.17, 15) is 4.79 Å². The molecule has 4 nitrogen and oxygen atoms in total. The predicted molar refractivity (Wildman–Crippen MR) is 110 cm³/mol. The van der Waals surface area contributed by atoms with Crippen LogP contribution in [0.15, 0.2) is 53.4 Å². The Hall–Kier alpha value is -2.66. The first-order valence-corrected chi connectivity index (χ1v) is 9.64. The maximum atomic E-state index is 12.4. The molecule has 1 amide bonds. The van der Waals surface area contributed by atoms with Crippen LogP contribution in [0.4, 0.5) is 5.69 Å². The van der Waals surface area contributed by atoms with E-state index in [1.165, 1.54) is 17.3 Å². The van der Waals surface area contributed by atoms with Crippen molar-refractivity contribution in [3.63, 3.8) is 0 Å². The standard InChI is InChI=1S/C21H21N3OS/c1-3-14-8-10-15(11-9-14)23-21-24-20(25)19(26-21)12-17-13(2)22-18-7-5-4-6-16(17)18/h4-12,21-23H,3H2,1-2H3,(H,24,25)/b19-12-/t21-/m0/s1. The van der Waals surface area contributed by atoms with Crippen LogP contribution in [0.2, 0.25) is 0 Å². The van der Waals surface area contributed by atoms with Crippen LogP contribution in [0.1, 0.15) is 23.7 Å². The van der Waals surface area contributed by atoms with E-state index in [0.717, 1.165) is 39.2 Å². The molecule has 2 aromatic carbocycles. The molecule has 0 aliphatic carbocycles. The van der Waals surface area contributed by atoms with Gasteiger partial charge in [-0.15, -0.1) is 0 Å². The zero-order valence-corrected chi connectivity index (χ0v) is 15.6. The number of aromatic nitrogens is 1. The number of anilines is 1. The first-order chi connectivity index (χ1) is 12.6. The number of carbonyl (C=O) groups excluding carboxylic acids is 1. The average Bonchev–Trinajstić information content (AvgIpc) is 3.15. The van der Waals surface area contributed by atoms with E-state index in [0.29, 0.717) is 0 Å². The summed E-state index contributed by atoms with van der Waals surface area (Å²) < 4.78 is 0. The van der Waals surface area contributed by atoms with Crippen LogP contribution in [-0.4, -0.2) is 16.4 Å². The Bertz CT molecular complexity index is 988. The highest BCUT2D eigenvalue weighted by molar-refractivity contribution is 8.05. The van der Waals surface area contributed by atoms with Crippen molar-refractivity contribution in [2.45, 2.75) is 25.8 Å². The summed E-state index contributed by atoms with van der Waals surface area (Å²) in [5, 5.41) is 7.50. The Morgan fingerprint density at radius 3 is 2.69 bits per heavy atom. The van der Waals surface area contributed by atoms with Gasteiger partial charge in [0.2, 0.25) is 0 Å². The van der Waals surface area contributed by atoms with Crippen molar-refractivity contribution in [2.75, 3.05) is 5.32 Å². The fraction of sp³-hybridized carbons (Fsp3) is 0.190. The summed E-state index contributed by atoms with van der Waals surface area (Å²) in [6.07, 6.45) is 3.00. The van der Waals surface area contributed by atoms with E-state index in [-0.39, 0.29) is 11.4 Å². The largest absolute Gasteiger partial charge is 0.358 e. The molecule has 0 spiro atoms. The van der Waals surface area contributed by atoms with Gasteiger partial charge in [0.15, 0.2) is 5.50 Å². The Morgan fingerprint density at radius 2 is 1.92 bits per heavy atom. The highest BCUT2D eigenvalue weighted by atomic mass is 32.2. The number of aromatic amines is 1. The van der Waals surface area contributed by atoms with Crippen molar-refractivity contribution < 1.29 is 4.79 Å². The third-order valence-electron chi connectivity index (χ3n) is 4.61. The maximum Gasteiger partial charge on any atom is 0.260 e. The molecule has 3 aromatic rings. The van der Waals surface area contributed by atoms with Gasteiger partial charge in [-0.1, -0.05) is 49.0 Å². The third-order valence-corrected chi connectivity index (χ3v) is 5.64. The summed E-state index contributed by atoms with van der Waals surface area (Å²) in [7, 11) is 0. The number of H-pyrrole nitrogens is 1. The third kappa shape index (κ3) is 3.22. The molecule has 0 bridgehead atoms. The van der Waals surface area contributed by atoms with Crippen molar-refractivity contribution in [3.05, 3.63) is 70.3 Å². The topological polar surface area (TPSA) is 56.9 Å². The number of carbonyl (C=O) groups is 1. The number of thioether (sulfide) groups is 1. The van der Waals surface area contributed by atoms with Gasteiger partial charge in [0, 0.05) is 27.8 Å². The van der Waals surface area contributed by atoms with Gasteiger partial charge in [-0.25, -0.2) is 0 Å².